The molecular formula is C35H27Cl2N9O7S2. The fourth-order valence-corrected chi connectivity index (χ4v) is 6.92. The number of benzene rings is 5. The van der Waals surface area contributed by atoms with Crippen LogP contribution in [0.3, 0.4) is 0 Å². The number of allylic oxidation sites excluding steroid dienone is 1. The lowest BCUT2D eigenvalue weighted by atomic mass is 9.92. The smallest absolute Gasteiger partial charge is 0.296 e. The van der Waals surface area contributed by atoms with E-state index in [0.717, 1.165) is 28.8 Å². The molecule has 55 heavy (non-hydrogen) atoms. The van der Waals surface area contributed by atoms with Crippen LogP contribution >= 0.6 is 23.2 Å². The molecule has 0 saturated heterocycles. The van der Waals surface area contributed by atoms with Crippen molar-refractivity contribution in [1.29, 1.82) is 0 Å². The van der Waals surface area contributed by atoms with E-state index in [9.17, 15) is 30.7 Å². The third kappa shape index (κ3) is 8.39. The van der Waals surface area contributed by atoms with Crippen molar-refractivity contribution in [1.82, 2.24) is 0 Å². The second-order valence-electron chi connectivity index (χ2n) is 11.8. The Hall–Kier alpha value is -6.02. The van der Waals surface area contributed by atoms with E-state index in [4.69, 9.17) is 40.4 Å². The summed E-state index contributed by atoms with van der Waals surface area (Å²) in [6, 6.07) is 22.1. The molecule has 0 bridgehead atoms. The Morgan fingerprint density at radius 3 is 1.98 bits per heavy atom. The Labute approximate surface area is 323 Å². The molecule has 0 amide bonds. The molecule has 0 saturated carbocycles. The summed E-state index contributed by atoms with van der Waals surface area (Å²) < 4.78 is 69.6. The van der Waals surface area contributed by atoms with E-state index in [1.54, 1.807) is 48.5 Å². The van der Waals surface area contributed by atoms with Crippen LogP contribution in [-0.2, 0) is 20.2 Å². The number of nitrogens with zero attached hydrogens (tertiary/aromatic N) is 5. The summed E-state index contributed by atoms with van der Waals surface area (Å²) in [4.78, 5) is 11.9. The summed E-state index contributed by atoms with van der Waals surface area (Å²) >= 11 is 12.1. The number of rotatable bonds is 9. The molecule has 0 heterocycles. The standard InChI is InChI=1S/C35H27Cl2N9O7S2/c1-17-12-28(26(39)16-25(17)38)44-41-22-7-2-18(3-8-22)19-4-9-23(10-5-19)42-46-34-30(55(51,52)53)14-20-13-29(54(48,49)50)33(32(40)31(20)35(34)47)45-43-27-15-21(36)6-11-24(27)37/h2-16,42H,38-40H2,1H3,(H,48,49,50)(H,51,52,53)/b44-41?,45-43?,46-34+. The number of azo groups is 2. The highest BCUT2D eigenvalue weighted by Crippen LogP contribution is 2.41. The number of aryl methyl sites for hydroxylation is 1. The normalized spacial score (nSPS) is 14.1. The van der Waals surface area contributed by atoms with Crippen molar-refractivity contribution in [3.63, 3.8) is 0 Å². The number of halogens is 2. The highest BCUT2D eigenvalue weighted by atomic mass is 35.5. The van der Waals surface area contributed by atoms with E-state index < -0.39 is 58.5 Å². The van der Waals surface area contributed by atoms with Crippen LogP contribution in [-0.4, -0.2) is 37.4 Å². The highest BCUT2D eigenvalue weighted by molar-refractivity contribution is 7.91. The van der Waals surface area contributed by atoms with Crippen molar-refractivity contribution in [2.45, 2.75) is 11.8 Å². The zero-order valence-electron chi connectivity index (χ0n) is 28.1. The molecule has 0 radical (unpaired) electrons. The highest BCUT2D eigenvalue weighted by Gasteiger charge is 2.37. The van der Waals surface area contributed by atoms with Crippen LogP contribution in [0.5, 0.6) is 0 Å². The average molecular weight is 821 g/mol. The maximum absolute atomic E-state index is 13.8. The molecule has 0 spiro atoms. The molecule has 9 N–H and O–H groups in total. The van der Waals surface area contributed by atoms with E-state index in [-0.39, 0.29) is 21.3 Å². The third-order valence-electron chi connectivity index (χ3n) is 8.09. The average Bonchev–Trinajstić information content (AvgIpc) is 3.12. The largest absolute Gasteiger partial charge is 0.398 e. The second kappa shape index (κ2) is 15.0. The second-order valence-corrected chi connectivity index (χ2v) is 15.5. The molecule has 1 aliphatic carbocycles. The van der Waals surface area contributed by atoms with Crippen LogP contribution in [0.25, 0.3) is 17.2 Å². The molecule has 6 rings (SSSR count). The van der Waals surface area contributed by atoms with Crippen LogP contribution in [0.2, 0.25) is 10.0 Å². The van der Waals surface area contributed by atoms with Crippen molar-refractivity contribution in [2.24, 2.45) is 25.6 Å². The lowest BCUT2D eigenvalue weighted by molar-refractivity contribution is 0.106. The van der Waals surface area contributed by atoms with E-state index in [2.05, 4.69) is 31.0 Å². The Bertz CT molecular complexity index is 2760. The number of anilines is 4. The Morgan fingerprint density at radius 2 is 1.35 bits per heavy atom. The van der Waals surface area contributed by atoms with E-state index in [1.165, 1.54) is 18.2 Å². The van der Waals surface area contributed by atoms with Gasteiger partial charge in [-0.15, -0.1) is 15.3 Å². The van der Waals surface area contributed by atoms with Crippen LogP contribution in [0, 0.1) is 6.92 Å². The van der Waals surface area contributed by atoms with Crippen molar-refractivity contribution >= 4 is 107 Å². The van der Waals surface area contributed by atoms with Gasteiger partial charge in [0.15, 0.2) is 5.71 Å². The van der Waals surface area contributed by atoms with Gasteiger partial charge in [0.1, 0.15) is 26.9 Å². The number of nitrogens with one attached hydrogen (secondary N) is 1. The quantitative estimate of drug-likeness (QED) is 0.0354. The van der Waals surface area contributed by atoms with Gasteiger partial charge in [-0.1, -0.05) is 47.5 Å². The summed E-state index contributed by atoms with van der Waals surface area (Å²) in [6.07, 6.45) is 0.782. The molecule has 5 aromatic rings. The lowest BCUT2D eigenvalue weighted by Crippen LogP contribution is -2.28. The molecule has 0 aromatic heterocycles. The number of Topliss-reactive ketones (excluding diaryl/α,β-unsaturated/α-hetero) is 1. The Morgan fingerprint density at radius 1 is 0.709 bits per heavy atom. The molecular weight excluding hydrogens is 793 g/mol. The van der Waals surface area contributed by atoms with E-state index >= 15 is 0 Å². The van der Waals surface area contributed by atoms with Crippen LogP contribution in [0.1, 0.15) is 21.5 Å². The minimum atomic E-state index is -5.13. The number of nitrogens with two attached hydrogens (primary N) is 3. The summed E-state index contributed by atoms with van der Waals surface area (Å²) in [5, 5.41) is 20.5. The van der Waals surface area contributed by atoms with Crippen LogP contribution in [0.15, 0.2) is 120 Å². The monoisotopic (exact) mass is 819 g/mol. The minimum absolute atomic E-state index is 0.000121. The summed E-state index contributed by atoms with van der Waals surface area (Å²) in [5.74, 6) is -1.13. The number of ketones is 1. The SMILES string of the molecule is Cc1cc(N=Nc2ccc(-c3ccc(N/N=C4/C(=O)c5c(cc(S(=O)(=O)O)c(N=Nc6cc(Cl)ccc6Cl)c5N)C=C4S(=O)(=O)O)cc3)cc2)c(N)cc1N. The first-order chi connectivity index (χ1) is 25.9. The summed E-state index contributed by atoms with van der Waals surface area (Å²) in [6.45, 7) is 1.84. The Balaban J connectivity index is 1.29. The summed E-state index contributed by atoms with van der Waals surface area (Å²) in [5.41, 5.74) is 22.6. The number of carbonyl (C=O) groups is 1. The number of hydrogen-bond donors (Lipinski definition) is 6. The zero-order valence-corrected chi connectivity index (χ0v) is 31.3. The number of carbonyl (C=O) groups excluding carboxylic acids is 1. The summed E-state index contributed by atoms with van der Waals surface area (Å²) in [7, 11) is -10.2. The van der Waals surface area contributed by atoms with Crippen molar-refractivity contribution in [3.05, 3.63) is 117 Å². The van der Waals surface area contributed by atoms with Crippen molar-refractivity contribution < 1.29 is 30.7 Å². The maximum Gasteiger partial charge on any atom is 0.296 e. The molecule has 0 aliphatic heterocycles. The van der Waals surface area contributed by atoms with Crippen molar-refractivity contribution in [3.8, 4) is 11.1 Å². The number of nitrogen functional groups attached to an aromatic ring is 3. The zero-order chi connectivity index (χ0) is 39.8. The predicted molar refractivity (Wildman–Crippen MR) is 212 cm³/mol. The molecule has 1 aliphatic rings. The van der Waals surface area contributed by atoms with Gasteiger partial charge >= 0.3 is 0 Å². The van der Waals surface area contributed by atoms with Crippen LogP contribution < -0.4 is 22.6 Å². The molecule has 5 aromatic carbocycles. The topological polar surface area (TPSA) is 278 Å². The van der Waals surface area contributed by atoms with Gasteiger partial charge < -0.3 is 17.2 Å². The van der Waals surface area contributed by atoms with Gasteiger partial charge in [-0.05, 0) is 95.9 Å². The minimum Gasteiger partial charge on any atom is -0.398 e. The van der Waals surface area contributed by atoms with Gasteiger partial charge in [0.25, 0.3) is 20.2 Å². The number of hydrazone groups is 1. The van der Waals surface area contributed by atoms with Gasteiger partial charge in [-0.2, -0.15) is 27.1 Å². The molecule has 20 heteroatoms. The van der Waals surface area contributed by atoms with Gasteiger partial charge in [-0.25, -0.2) is 0 Å². The maximum atomic E-state index is 13.8. The fraction of sp³-hybridized carbons (Fsp3) is 0.0286. The van der Waals surface area contributed by atoms with Crippen molar-refractivity contribution in [2.75, 3.05) is 22.6 Å². The molecule has 0 fully saturated rings. The van der Waals surface area contributed by atoms with Gasteiger partial charge in [-0.3, -0.25) is 19.3 Å². The predicted octanol–water partition coefficient (Wildman–Crippen LogP) is 8.69. The van der Waals surface area contributed by atoms with Crippen LogP contribution in [0.4, 0.5) is 45.5 Å². The molecule has 0 atom stereocenters. The third-order valence-corrected chi connectivity index (χ3v) is 10.4. The van der Waals surface area contributed by atoms with Gasteiger partial charge in [0.05, 0.1) is 33.3 Å². The molecule has 0 unspecified atom stereocenters. The first-order valence-electron chi connectivity index (χ1n) is 15.6. The Kier molecular flexibility index (Phi) is 10.6. The number of hydrogen-bond acceptors (Lipinski definition) is 14. The molecule has 280 valence electrons. The van der Waals surface area contributed by atoms with Gasteiger partial charge in [0.2, 0.25) is 5.78 Å². The number of fused-ring (bicyclic) bond motifs is 1. The first-order valence-corrected chi connectivity index (χ1v) is 19.2. The fourth-order valence-electron chi connectivity index (χ4n) is 5.27. The van der Waals surface area contributed by atoms with E-state index in [0.29, 0.717) is 28.4 Å². The van der Waals surface area contributed by atoms with E-state index in [1.807, 2.05) is 19.1 Å². The molecule has 16 nitrogen and oxygen atoms in total. The lowest BCUT2D eigenvalue weighted by Gasteiger charge is -2.20. The first kappa shape index (κ1) is 38.7. The van der Waals surface area contributed by atoms with Gasteiger partial charge in [0, 0.05) is 10.7 Å².